The van der Waals surface area contributed by atoms with E-state index < -0.39 is 0 Å². The smallest absolute Gasteiger partial charge is 0.0270 e. The van der Waals surface area contributed by atoms with E-state index >= 15 is 0 Å². The Morgan fingerprint density at radius 1 is 1.31 bits per heavy atom. The van der Waals surface area contributed by atoms with Gasteiger partial charge in [-0.05, 0) is 49.9 Å². The number of hydrogen-bond donors (Lipinski definition) is 1. The standard InChI is InChI=1S/C11H16N2/c1-12-11-3-2-10(8-11)9-4-6-13-7-5-9/h4-7,10-12H,2-3,8H2,1H3. The number of aromatic nitrogens is 1. The molecule has 2 heteroatoms. The molecule has 0 aliphatic heterocycles. The van der Waals surface area contributed by atoms with Crippen molar-refractivity contribution in [1.29, 1.82) is 0 Å². The Hall–Kier alpha value is -0.890. The third-order valence-electron chi connectivity index (χ3n) is 3.02. The summed E-state index contributed by atoms with van der Waals surface area (Å²) in [7, 11) is 2.06. The number of rotatable bonds is 2. The maximum atomic E-state index is 4.04. The van der Waals surface area contributed by atoms with E-state index in [4.69, 9.17) is 0 Å². The normalized spacial score (nSPS) is 27.8. The predicted octanol–water partition coefficient (Wildman–Crippen LogP) is 1.94. The molecule has 1 saturated carbocycles. The fraction of sp³-hybridized carbons (Fsp3) is 0.545. The van der Waals surface area contributed by atoms with Crippen LogP contribution in [-0.2, 0) is 0 Å². The van der Waals surface area contributed by atoms with E-state index in [1.807, 2.05) is 12.4 Å². The quantitative estimate of drug-likeness (QED) is 0.745. The van der Waals surface area contributed by atoms with Gasteiger partial charge in [0, 0.05) is 18.4 Å². The summed E-state index contributed by atoms with van der Waals surface area (Å²) < 4.78 is 0. The molecule has 1 aromatic heterocycles. The van der Waals surface area contributed by atoms with Crippen molar-refractivity contribution in [2.75, 3.05) is 7.05 Å². The Labute approximate surface area is 79.4 Å². The summed E-state index contributed by atoms with van der Waals surface area (Å²) in [5, 5.41) is 3.35. The third-order valence-corrected chi connectivity index (χ3v) is 3.02. The van der Waals surface area contributed by atoms with Gasteiger partial charge in [0.25, 0.3) is 0 Å². The van der Waals surface area contributed by atoms with Crippen molar-refractivity contribution in [3.05, 3.63) is 30.1 Å². The van der Waals surface area contributed by atoms with E-state index in [0.29, 0.717) is 0 Å². The van der Waals surface area contributed by atoms with Crippen LogP contribution in [0, 0.1) is 0 Å². The number of nitrogens with zero attached hydrogens (tertiary/aromatic N) is 1. The lowest BCUT2D eigenvalue weighted by Crippen LogP contribution is -2.21. The lowest BCUT2D eigenvalue weighted by Gasteiger charge is -2.10. The zero-order valence-corrected chi connectivity index (χ0v) is 8.03. The Morgan fingerprint density at radius 3 is 2.69 bits per heavy atom. The Bertz CT molecular complexity index is 258. The number of nitrogens with one attached hydrogen (secondary N) is 1. The van der Waals surface area contributed by atoms with Gasteiger partial charge in [-0.1, -0.05) is 0 Å². The van der Waals surface area contributed by atoms with Crippen LogP contribution in [0.1, 0.15) is 30.7 Å². The van der Waals surface area contributed by atoms with Crippen molar-refractivity contribution in [2.45, 2.75) is 31.2 Å². The second-order valence-corrected chi connectivity index (χ2v) is 3.78. The van der Waals surface area contributed by atoms with Gasteiger partial charge in [0.05, 0.1) is 0 Å². The van der Waals surface area contributed by atoms with Crippen molar-refractivity contribution < 1.29 is 0 Å². The van der Waals surface area contributed by atoms with Gasteiger partial charge in [0.1, 0.15) is 0 Å². The highest BCUT2D eigenvalue weighted by molar-refractivity contribution is 5.17. The second-order valence-electron chi connectivity index (χ2n) is 3.78. The van der Waals surface area contributed by atoms with Crippen LogP contribution >= 0.6 is 0 Å². The SMILES string of the molecule is CNC1CCC(c2ccncc2)C1. The molecule has 2 unspecified atom stereocenters. The van der Waals surface area contributed by atoms with Crippen LogP contribution in [0.25, 0.3) is 0 Å². The van der Waals surface area contributed by atoms with E-state index in [1.165, 1.54) is 24.8 Å². The molecule has 1 N–H and O–H groups in total. The van der Waals surface area contributed by atoms with E-state index in [9.17, 15) is 0 Å². The van der Waals surface area contributed by atoms with Gasteiger partial charge in [0.15, 0.2) is 0 Å². The molecule has 70 valence electrons. The van der Waals surface area contributed by atoms with Gasteiger partial charge in [-0.15, -0.1) is 0 Å². The summed E-state index contributed by atoms with van der Waals surface area (Å²) in [4.78, 5) is 4.04. The Kier molecular flexibility index (Phi) is 2.60. The first-order valence-electron chi connectivity index (χ1n) is 4.97. The van der Waals surface area contributed by atoms with Crippen molar-refractivity contribution in [3.63, 3.8) is 0 Å². The first-order valence-corrected chi connectivity index (χ1v) is 4.97. The highest BCUT2D eigenvalue weighted by Gasteiger charge is 2.24. The Balaban J connectivity index is 2.04. The summed E-state index contributed by atoms with van der Waals surface area (Å²) in [6, 6.07) is 5.00. The number of hydrogen-bond acceptors (Lipinski definition) is 2. The van der Waals surface area contributed by atoms with Crippen LogP contribution in [0.2, 0.25) is 0 Å². The summed E-state index contributed by atoms with van der Waals surface area (Å²) in [5.74, 6) is 0.750. The summed E-state index contributed by atoms with van der Waals surface area (Å²) in [6.07, 6.45) is 7.68. The molecule has 0 radical (unpaired) electrons. The molecule has 2 rings (SSSR count). The molecule has 1 fully saturated rings. The van der Waals surface area contributed by atoms with E-state index in [-0.39, 0.29) is 0 Å². The molecule has 0 aromatic carbocycles. The third kappa shape index (κ3) is 1.89. The van der Waals surface area contributed by atoms with Gasteiger partial charge in [-0.25, -0.2) is 0 Å². The van der Waals surface area contributed by atoms with Crippen LogP contribution in [0.3, 0.4) is 0 Å². The second kappa shape index (κ2) is 3.88. The minimum atomic E-state index is 0.721. The molecule has 2 atom stereocenters. The summed E-state index contributed by atoms with van der Waals surface area (Å²) in [5.41, 5.74) is 1.45. The predicted molar refractivity (Wildman–Crippen MR) is 53.7 cm³/mol. The average Bonchev–Trinajstić information content (AvgIpc) is 2.67. The molecule has 0 saturated heterocycles. The van der Waals surface area contributed by atoms with Crippen molar-refractivity contribution >= 4 is 0 Å². The van der Waals surface area contributed by atoms with Gasteiger partial charge in [-0.2, -0.15) is 0 Å². The van der Waals surface area contributed by atoms with Crippen LogP contribution in [0.15, 0.2) is 24.5 Å². The maximum absolute atomic E-state index is 4.04. The lowest BCUT2D eigenvalue weighted by molar-refractivity contribution is 0.572. The van der Waals surface area contributed by atoms with Gasteiger partial charge < -0.3 is 5.32 Å². The molecule has 13 heavy (non-hydrogen) atoms. The van der Waals surface area contributed by atoms with Crippen molar-refractivity contribution in [3.8, 4) is 0 Å². The van der Waals surface area contributed by atoms with Crippen LogP contribution in [-0.4, -0.2) is 18.1 Å². The molecule has 1 heterocycles. The van der Waals surface area contributed by atoms with Crippen molar-refractivity contribution in [2.24, 2.45) is 0 Å². The average molecular weight is 176 g/mol. The zero-order valence-electron chi connectivity index (χ0n) is 8.03. The molecular weight excluding hydrogens is 160 g/mol. The molecule has 2 nitrogen and oxygen atoms in total. The van der Waals surface area contributed by atoms with E-state index in [0.717, 1.165) is 12.0 Å². The van der Waals surface area contributed by atoms with Crippen molar-refractivity contribution in [1.82, 2.24) is 10.3 Å². The molecule has 0 bridgehead atoms. The maximum Gasteiger partial charge on any atom is 0.0270 e. The molecule has 1 aromatic rings. The fourth-order valence-corrected chi connectivity index (χ4v) is 2.18. The van der Waals surface area contributed by atoms with E-state index in [2.05, 4.69) is 29.5 Å². The largest absolute Gasteiger partial charge is 0.317 e. The molecular formula is C11H16N2. The topological polar surface area (TPSA) is 24.9 Å². The fourth-order valence-electron chi connectivity index (χ4n) is 2.18. The van der Waals surface area contributed by atoms with Gasteiger partial charge in [0.2, 0.25) is 0 Å². The summed E-state index contributed by atoms with van der Waals surface area (Å²) >= 11 is 0. The zero-order chi connectivity index (χ0) is 9.10. The molecule has 0 amide bonds. The minimum Gasteiger partial charge on any atom is -0.317 e. The highest BCUT2D eigenvalue weighted by atomic mass is 14.9. The van der Waals surface area contributed by atoms with Crippen LogP contribution < -0.4 is 5.32 Å². The number of pyridine rings is 1. The summed E-state index contributed by atoms with van der Waals surface area (Å²) in [6.45, 7) is 0. The minimum absolute atomic E-state index is 0.721. The Morgan fingerprint density at radius 2 is 2.08 bits per heavy atom. The first-order chi connectivity index (χ1) is 6.40. The van der Waals surface area contributed by atoms with E-state index in [1.54, 1.807) is 0 Å². The van der Waals surface area contributed by atoms with Crippen LogP contribution in [0.5, 0.6) is 0 Å². The molecule has 0 spiro atoms. The highest BCUT2D eigenvalue weighted by Crippen LogP contribution is 2.33. The molecule has 1 aliphatic carbocycles. The monoisotopic (exact) mass is 176 g/mol. The van der Waals surface area contributed by atoms with Gasteiger partial charge >= 0.3 is 0 Å². The molecule has 1 aliphatic rings. The van der Waals surface area contributed by atoms with Gasteiger partial charge in [-0.3, -0.25) is 4.98 Å². The lowest BCUT2D eigenvalue weighted by atomic mass is 9.99. The first kappa shape index (κ1) is 8.70. The van der Waals surface area contributed by atoms with Crippen LogP contribution in [0.4, 0.5) is 0 Å².